The summed E-state index contributed by atoms with van der Waals surface area (Å²) in [7, 11) is 0. The molecule has 5 heteroatoms. The minimum absolute atomic E-state index is 0. The Morgan fingerprint density at radius 3 is 2.17 bits per heavy atom. The molecule has 0 aliphatic carbocycles. The molecule has 0 radical (unpaired) electrons. The molecule has 24 heavy (non-hydrogen) atoms. The van der Waals surface area contributed by atoms with Crippen LogP contribution in [0.15, 0.2) is 40.9 Å². The van der Waals surface area contributed by atoms with Crippen LogP contribution in [0.5, 0.6) is 11.5 Å². The third-order valence-electron chi connectivity index (χ3n) is 3.44. The maximum Gasteiger partial charge on any atom is 0.175 e. The quantitative estimate of drug-likeness (QED) is 0.638. The van der Waals surface area contributed by atoms with Crippen LogP contribution in [0.1, 0.15) is 30.5 Å². The van der Waals surface area contributed by atoms with Crippen LogP contribution in [0.4, 0.5) is 0 Å². The molecule has 3 nitrogen and oxygen atoms in total. The Bertz CT molecular complexity index is 632. The second-order valence-electron chi connectivity index (χ2n) is 5.36. The van der Waals surface area contributed by atoms with Crippen LogP contribution in [-0.4, -0.2) is 13.2 Å². The lowest BCUT2D eigenvalue weighted by Gasteiger charge is -2.15. The van der Waals surface area contributed by atoms with Crippen LogP contribution in [0.3, 0.4) is 0 Å². The van der Waals surface area contributed by atoms with Gasteiger partial charge in [0.1, 0.15) is 0 Å². The molecule has 132 valence electrons. The van der Waals surface area contributed by atoms with Gasteiger partial charge in [-0.2, -0.15) is 0 Å². The smallest absolute Gasteiger partial charge is 0.175 e. The molecule has 0 saturated carbocycles. The Balaban J connectivity index is 0.00000288. The van der Waals surface area contributed by atoms with Gasteiger partial charge in [0, 0.05) is 13.1 Å². The Hall–Kier alpha value is -1.23. The summed E-state index contributed by atoms with van der Waals surface area (Å²) in [5.41, 5.74) is 3.73. The molecule has 0 aliphatic heterocycles. The summed E-state index contributed by atoms with van der Waals surface area (Å²) in [5, 5.41) is 3.47. The predicted molar refractivity (Wildman–Crippen MR) is 105 cm³/mol. The zero-order valence-electron chi connectivity index (χ0n) is 14.4. The topological polar surface area (TPSA) is 30.5 Å². The molecule has 0 fully saturated rings. The highest BCUT2D eigenvalue weighted by Gasteiger charge is 2.11. The van der Waals surface area contributed by atoms with Crippen molar-refractivity contribution >= 4 is 28.3 Å². The third-order valence-corrected chi connectivity index (χ3v) is 4.03. The van der Waals surface area contributed by atoms with Crippen LogP contribution in [0.25, 0.3) is 0 Å². The van der Waals surface area contributed by atoms with Crippen LogP contribution >= 0.6 is 28.3 Å². The second-order valence-corrected chi connectivity index (χ2v) is 6.21. The molecule has 0 heterocycles. The van der Waals surface area contributed by atoms with E-state index in [1.54, 1.807) is 0 Å². The summed E-state index contributed by atoms with van der Waals surface area (Å²) in [6, 6.07) is 12.7. The molecule has 2 rings (SSSR count). The highest BCUT2D eigenvalue weighted by atomic mass is 79.9. The Morgan fingerprint density at radius 2 is 1.54 bits per heavy atom. The Kier molecular flexibility index (Phi) is 9.19. The predicted octanol–water partition coefficient (Wildman–Crippen LogP) is 5.27. The molecule has 2 aromatic carbocycles. The molecular weight excluding hydrogens is 390 g/mol. The van der Waals surface area contributed by atoms with E-state index in [2.05, 4.69) is 58.5 Å². The van der Waals surface area contributed by atoms with Gasteiger partial charge in [0.2, 0.25) is 0 Å². The van der Waals surface area contributed by atoms with Gasteiger partial charge in [-0.25, -0.2) is 0 Å². The van der Waals surface area contributed by atoms with Gasteiger partial charge in [0.25, 0.3) is 0 Å². The number of benzene rings is 2. The number of rotatable bonds is 8. The molecule has 0 atom stereocenters. The molecule has 0 bridgehead atoms. The van der Waals surface area contributed by atoms with Crippen LogP contribution < -0.4 is 14.8 Å². The zero-order valence-corrected chi connectivity index (χ0v) is 16.8. The number of hydrogen-bond donors (Lipinski definition) is 1. The van der Waals surface area contributed by atoms with E-state index in [4.69, 9.17) is 9.47 Å². The van der Waals surface area contributed by atoms with E-state index in [9.17, 15) is 0 Å². The van der Waals surface area contributed by atoms with E-state index in [-0.39, 0.29) is 12.4 Å². The lowest BCUT2D eigenvalue weighted by molar-refractivity contribution is 0.286. The van der Waals surface area contributed by atoms with E-state index in [0.717, 1.165) is 34.6 Å². The molecule has 0 spiro atoms. The summed E-state index contributed by atoms with van der Waals surface area (Å²) in [5.74, 6) is 1.56. The van der Waals surface area contributed by atoms with E-state index in [0.29, 0.717) is 13.2 Å². The fourth-order valence-electron chi connectivity index (χ4n) is 2.33. The first-order chi connectivity index (χ1) is 11.1. The van der Waals surface area contributed by atoms with Crippen molar-refractivity contribution in [2.45, 2.75) is 33.9 Å². The standard InChI is InChI=1S/C19H24BrNO2.ClH/c1-4-22-18-11-16(10-17(20)19(18)23-5-2)13-21-12-15-8-6-14(3)7-9-15;/h6-11,21H,4-5,12-13H2,1-3H3;1H. The maximum absolute atomic E-state index is 5.71. The summed E-state index contributed by atoms with van der Waals surface area (Å²) >= 11 is 3.58. The number of halogens is 2. The number of nitrogens with one attached hydrogen (secondary N) is 1. The average Bonchev–Trinajstić information content (AvgIpc) is 2.53. The van der Waals surface area contributed by atoms with Gasteiger partial charge in [0.05, 0.1) is 17.7 Å². The van der Waals surface area contributed by atoms with Gasteiger partial charge in [-0.15, -0.1) is 12.4 Å². The molecule has 0 aliphatic rings. The summed E-state index contributed by atoms with van der Waals surface area (Å²) in [4.78, 5) is 0. The lowest BCUT2D eigenvalue weighted by atomic mass is 10.1. The minimum atomic E-state index is 0. The fourth-order valence-corrected chi connectivity index (χ4v) is 2.93. The maximum atomic E-state index is 5.71. The molecule has 0 unspecified atom stereocenters. The number of aryl methyl sites for hydroxylation is 1. The largest absolute Gasteiger partial charge is 0.490 e. The minimum Gasteiger partial charge on any atom is -0.490 e. The zero-order chi connectivity index (χ0) is 16.7. The summed E-state index contributed by atoms with van der Waals surface area (Å²) in [6.45, 7) is 8.90. The number of hydrogen-bond acceptors (Lipinski definition) is 3. The normalized spacial score (nSPS) is 10.2. The lowest BCUT2D eigenvalue weighted by Crippen LogP contribution is -2.13. The van der Waals surface area contributed by atoms with Crippen molar-refractivity contribution in [1.82, 2.24) is 5.32 Å². The highest BCUT2D eigenvalue weighted by molar-refractivity contribution is 9.10. The van der Waals surface area contributed by atoms with Crippen molar-refractivity contribution in [2.75, 3.05) is 13.2 Å². The van der Waals surface area contributed by atoms with E-state index in [1.165, 1.54) is 11.1 Å². The van der Waals surface area contributed by atoms with Crippen LogP contribution in [-0.2, 0) is 13.1 Å². The van der Waals surface area contributed by atoms with Crippen LogP contribution in [0, 0.1) is 6.92 Å². The highest BCUT2D eigenvalue weighted by Crippen LogP contribution is 2.36. The van der Waals surface area contributed by atoms with E-state index >= 15 is 0 Å². The second kappa shape index (κ2) is 10.6. The monoisotopic (exact) mass is 413 g/mol. The van der Waals surface area contributed by atoms with Crippen LogP contribution in [0.2, 0.25) is 0 Å². The van der Waals surface area contributed by atoms with Crippen molar-refractivity contribution in [3.05, 3.63) is 57.6 Å². The Morgan fingerprint density at radius 1 is 0.917 bits per heavy atom. The van der Waals surface area contributed by atoms with Gasteiger partial charge in [-0.3, -0.25) is 0 Å². The van der Waals surface area contributed by atoms with Crippen molar-refractivity contribution in [3.63, 3.8) is 0 Å². The molecule has 0 saturated heterocycles. The van der Waals surface area contributed by atoms with Gasteiger partial charge < -0.3 is 14.8 Å². The third kappa shape index (κ3) is 6.00. The van der Waals surface area contributed by atoms with Crippen molar-refractivity contribution in [1.29, 1.82) is 0 Å². The van der Waals surface area contributed by atoms with Crippen molar-refractivity contribution in [3.8, 4) is 11.5 Å². The molecular formula is C19H25BrClNO2. The first-order valence-corrected chi connectivity index (χ1v) is 8.77. The molecule has 0 aromatic heterocycles. The van der Waals surface area contributed by atoms with Gasteiger partial charge in [0.15, 0.2) is 11.5 Å². The average molecular weight is 415 g/mol. The SMILES string of the molecule is CCOc1cc(CNCc2ccc(C)cc2)cc(Br)c1OCC.Cl. The van der Waals surface area contributed by atoms with Crippen molar-refractivity contribution < 1.29 is 9.47 Å². The van der Waals surface area contributed by atoms with E-state index < -0.39 is 0 Å². The van der Waals surface area contributed by atoms with Gasteiger partial charge in [-0.1, -0.05) is 29.8 Å². The molecule has 1 N–H and O–H groups in total. The van der Waals surface area contributed by atoms with E-state index in [1.807, 2.05) is 19.9 Å². The molecule has 2 aromatic rings. The fraction of sp³-hybridized carbons (Fsp3) is 0.368. The van der Waals surface area contributed by atoms with Gasteiger partial charge >= 0.3 is 0 Å². The van der Waals surface area contributed by atoms with Gasteiger partial charge in [-0.05, 0) is 60.0 Å². The first kappa shape index (κ1) is 20.8. The number of ether oxygens (including phenoxy) is 2. The molecule has 0 amide bonds. The Labute approximate surface area is 159 Å². The summed E-state index contributed by atoms with van der Waals surface area (Å²) < 4.78 is 12.3. The van der Waals surface area contributed by atoms with Crippen molar-refractivity contribution in [2.24, 2.45) is 0 Å². The summed E-state index contributed by atoms with van der Waals surface area (Å²) in [6.07, 6.45) is 0. The first-order valence-electron chi connectivity index (χ1n) is 7.98.